The third-order valence-corrected chi connectivity index (χ3v) is 3.42. The van der Waals surface area contributed by atoms with Gasteiger partial charge in [0.05, 0.1) is 19.8 Å². The molecule has 0 aliphatic rings. The lowest BCUT2D eigenvalue weighted by atomic mass is 10.2. The van der Waals surface area contributed by atoms with E-state index in [1.54, 1.807) is 7.11 Å². The summed E-state index contributed by atoms with van der Waals surface area (Å²) in [6.07, 6.45) is 0.862. The first-order chi connectivity index (χ1) is 11.8. The standard InChI is InChI=1S/C19H24N2O3/c1-23-13-11-20-19(22)15-21-17-8-5-9-18(14-17)24-12-10-16-6-3-2-4-7-16/h2-9,14,21H,10-13,15H2,1H3,(H,20,22). The zero-order valence-electron chi connectivity index (χ0n) is 14.0. The molecule has 0 saturated heterocycles. The lowest BCUT2D eigenvalue weighted by Crippen LogP contribution is -2.32. The number of benzene rings is 2. The predicted octanol–water partition coefficient (Wildman–Crippen LogP) is 2.48. The number of carbonyl (C=O) groups excluding carboxylic acids is 1. The van der Waals surface area contributed by atoms with Gasteiger partial charge in [0, 0.05) is 31.8 Å². The van der Waals surface area contributed by atoms with Crippen molar-refractivity contribution in [2.24, 2.45) is 0 Å². The van der Waals surface area contributed by atoms with Crippen molar-refractivity contribution in [3.8, 4) is 5.75 Å². The molecule has 0 unspecified atom stereocenters. The first kappa shape index (κ1) is 17.8. The maximum atomic E-state index is 11.6. The van der Waals surface area contributed by atoms with E-state index in [2.05, 4.69) is 22.8 Å². The van der Waals surface area contributed by atoms with Gasteiger partial charge < -0.3 is 20.1 Å². The molecule has 0 aliphatic heterocycles. The molecule has 2 aromatic rings. The Labute approximate surface area is 143 Å². The third kappa shape index (κ3) is 6.71. The summed E-state index contributed by atoms with van der Waals surface area (Å²) in [5, 5.41) is 5.85. The van der Waals surface area contributed by atoms with Gasteiger partial charge in [0.15, 0.2) is 0 Å². The maximum Gasteiger partial charge on any atom is 0.239 e. The first-order valence-electron chi connectivity index (χ1n) is 8.04. The number of methoxy groups -OCH3 is 1. The van der Waals surface area contributed by atoms with Gasteiger partial charge in [0.1, 0.15) is 5.75 Å². The summed E-state index contributed by atoms with van der Waals surface area (Å²) in [5.41, 5.74) is 2.11. The number of carbonyl (C=O) groups is 1. The Morgan fingerprint density at radius 2 is 1.88 bits per heavy atom. The molecule has 0 spiro atoms. The molecule has 0 heterocycles. The van der Waals surface area contributed by atoms with Gasteiger partial charge in [-0.1, -0.05) is 36.4 Å². The van der Waals surface area contributed by atoms with Gasteiger partial charge in [-0.15, -0.1) is 0 Å². The fraction of sp³-hybridized carbons (Fsp3) is 0.316. The fourth-order valence-electron chi connectivity index (χ4n) is 2.16. The second-order valence-electron chi connectivity index (χ2n) is 5.31. The Hall–Kier alpha value is -2.53. The molecule has 128 valence electrons. The van der Waals surface area contributed by atoms with Gasteiger partial charge in [0.2, 0.25) is 5.91 Å². The van der Waals surface area contributed by atoms with Crippen molar-refractivity contribution in [1.82, 2.24) is 5.32 Å². The number of amides is 1. The highest BCUT2D eigenvalue weighted by atomic mass is 16.5. The minimum atomic E-state index is -0.0672. The van der Waals surface area contributed by atoms with E-state index in [1.807, 2.05) is 42.5 Å². The van der Waals surface area contributed by atoms with Crippen LogP contribution in [0.3, 0.4) is 0 Å². The SMILES string of the molecule is COCCNC(=O)CNc1cccc(OCCc2ccccc2)c1. The predicted molar refractivity (Wildman–Crippen MR) is 95.5 cm³/mol. The van der Waals surface area contributed by atoms with Crippen LogP contribution >= 0.6 is 0 Å². The van der Waals surface area contributed by atoms with E-state index < -0.39 is 0 Å². The molecule has 0 aromatic heterocycles. The highest BCUT2D eigenvalue weighted by Crippen LogP contribution is 2.17. The maximum absolute atomic E-state index is 11.6. The van der Waals surface area contributed by atoms with Crippen molar-refractivity contribution in [3.63, 3.8) is 0 Å². The molecule has 2 aromatic carbocycles. The molecule has 0 bridgehead atoms. The number of nitrogens with one attached hydrogen (secondary N) is 2. The molecule has 24 heavy (non-hydrogen) atoms. The van der Waals surface area contributed by atoms with Crippen LogP contribution in [-0.2, 0) is 16.0 Å². The van der Waals surface area contributed by atoms with Crippen LogP contribution in [0.5, 0.6) is 5.75 Å². The Morgan fingerprint density at radius 3 is 2.67 bits per heavy atom. The summed E-state index contributed by atoms with van der Waals surface area (Å²) in [6.45, 7) is 1.86. The molecule has 0 fully saturated rings. The Kier molecular flexibility index (Phi) is 7.63. The van der Waals surface area contributed by atoms with E-state index in [0.29, 0.717) is 19.8 Å². The second-order valence-corrected chi connectivity index (χ2v) is 5.31. The van der Waals surface area contributed by atoms with Crippen LogP contribution in [0.15, 0.2) is 54.6 Å². The molecule has 0 aliphatic carbocycles. The van der Waals surface area contributed by atoms with E-state index in [0.717, 1.165) is 17.9 Å². The lowest BCUT2D eigenvalue weighted by molar-refractivity contribution is -0.119. The highest BCUT2D eigenvalue weighted by Gasteiger charge is 2.02. The summed E-state index contributed by atoms with van der Waals surface area (Å²) >= 11 is 0. The van der Waals surface area contributed by atoms with Crippen LogP contribution in [0.4, 0.5) is 5.69 Å². The van der Waals surface area contributed by atoms with Crippen molar-refractivity contribution in [3.05, 3.63) is 60.2 Å². The van der Waals surface area contributed by atoms with E-state index in [4.69, 9.17) is 9.47 Å². The minimum absolute atomic E-state index is 0.0672. The molecular formula is C19H24N2O3. The normalized spacial score (nSPS) is 10.2. The number of hydrogen-bond acceptors (Lipinski definition) is 4. The lowest BCUT2D eigenvalue weighted by Gasteiger charge is -2.10. The van der Waals surface area contributed by atoms with Crippen LogP contribution in [-0.4, -0.2) is 39.3 Å². The molecule has 1 amide bonds. The van der Waals surface area contributed by atoms with Gasteiger partial charge in [-0.25, -0.2) is 0 Å². The summed E-state index contributed by atoms with van der Waals surface area (Å²) in [7, 11) is 1.60. The number of ether oxygens (including phenoxy) is 2. The molecule has 0 radical (unpaired) electrons. The van der Waals surface area contributed by atoms with Crippen molar-refractivity contribution in [2.75, 3.05) is 38.7 Å². The zero-order chi connectivity index (χ0) is 17.0. The van der Waals surface area contributed by atoms with Gasteiger partial charge in [0.25, 0.3) is 0 Å². The Bertz CT molecular complexity index is 617. The van der Waals surface area contributed by atoms with Crippen molar-refractivity contribution in [1.29, 1.82) is 0 Å². The molecule has 5 nitrogen and oxygen atoms in total. The quantitative estimate of drug-likeness (QED) is 0.658. The summed E-state index contributed by atoms with van der Waals surface area (Å²) < 4.78 is 10.7. The summed E-state index contributed by atoms with van der Waals surface area (Å²) in [5.74, 6) is 0.721. The molecule has 2 N–H and O–H groups in total. The number of rotatable bonds is 10. The zero-order valence-corrected chi connectivity index (χ0v) is 14.0. The Balaban J connectivity index is 1.73. The summed E-state index contributed by atoms with van der Waals surface area (Å²) in [6, 6.07) is 17.9. The van der Waals surface area contributed by atoms with E-state index in [9.17, 15) is 4.79 Å². The van der Waals surface area contributed by atoms with Crippen LogP contribution in [0.2, 0.25) is 0 Å². The van der Waals surface area contributed by atoms with Crippen LogP contribution in [0, 0.1) is 0 Å². The van der Waals surface area contributed by atoms with Crippen molar-refractivity contribution >= 4 is 11.6 Å². The highest BCUT2D eigenvalue weighted by molar-refractivity contribution is 5.80. The molecule has 0 saturated carbocycles. The molecule has 0 atom stereocenters. The van der Waals surface area contributed by atoms with Crippen LogP contribution in [0.25, 0.3) is 0 Å². The minimum Gasteiger partial charge on any atom is -0.493 e. The van der Waals surface area contributed by atoms with Gasteiger partial charge in [-0.3, -0.25) is 4.79 Å². The van der Waals surface area contributed by atoms with Crippen LogP contribution < -0.4 is 15.4 Å². The molecule has 5 heteroatoms. The smallest absolute Gasteiger partial charge is 0.239 e. The monoisotopic (exact) mass is 328 g/mol. The second kappa shape index (κ2) is 10.3. The van der Waals surface area contributed by atoms with E-state index in [-0.39, 0.29) is 12.5 Å². The average Bonchev–Trinajstić information content (AvgIpc) is 2.62. The number of hydrogen-bond donors (Lipinski definition) is 2. The Morgan fingerprint density at radius 1 is 1.04 bits per heavy atom. The third-order valence-electron chi connectivity index (χ3n) is 3.42. The van der Waals surface area contributed by atoms with Gasteiger partial charge in [-0.05, 0) is 17.7 Å². The van der Waals surface area contributed by atoms with E-state index >= 15 is 0 Å². The van der Waals surface area contributed by atoms with Crippen LogP contribution in [0.1, 0.15) is 5.56 Å². The van der Waals surface area contributed by atoms with E-state index in [1.165, 1.54) is 5.56 Å². The number of anilines is 1. The van der Waals surface area contributed by atoms with Gasteiger partial charge in [-0.2, -0.15) is 0 Å². The largest absolute Gasteiger partial charge is 0.493 e. The fourth-order valence-corrected chi connectivity index (χ4v) is 2.16. The summed E-state index contributed by atoms with van der Waals surface area (Å²) in [4.78, 5) is 11.6. The van der Waals surface area contributed by atoms with Crippen molar-refractivity contribution in [2.45, 2.75) is 6.42 Å². The van der Waals surface area contributed by atoms with Crippen molar-refractivity contribution < 1.29 is 14.3 Å². The van der Waals surface area contributed by atoms with Gasteiger partial charge >= 0.3 is 0 Å². The average molecular weight is 328 g/mol. The molecule has 2 rings (SSSR count). The first-order valence-corrected chi connectivity index (χ1v) is 8.04. The molecular weight excluding hydrogens is 304 g/mol. The topological polar surface area (TPSA) is 59.6 Å².